The normalized spacial score (nSPS) is 11.6. The summed E-state index contributed by atoms with van der Waals surface area (Å²) in [6.45, 7) is 0. The topological polar surface area (TPSA) is 31.0 Å². The van der Waals surface area contributed by atoms with Crippen LogP contribution in [0, 0.1) is 0 Å². The zero-order valence-electron chi connectivity index (χ0n) is 27.1. The molecular formula is C47H30N2O. The predicted octanol–water partition coefficient (Wildman–Crippen LogP) is 12.7. The Balaban J connectivity index is 1.21. The van der Waals surface area contributed by atoms with E-state index in [4.69, 9.17) is 9.40 Å². The molecule has 10 rings (SSSR count). The molecule has 0 saturated carbocycles. The van der Waals surface area contributed by atoms with Gasteiger partial charge in [-0.3, -0.25) is 0 Å². The zero-order chi connectivity index (χ0) is 33.0. The van der Waals surface area contributed by atoms with Gasteiger partial charge in [-0.1, -0.05) is 121 Å². The van der Waals surface area contributed by atoms with E-state index < -0.39 is 0 Å². The van der Waals surface area contributed by atoms with Crippen LogP contribution in [0.15, 0.2) is 186 Å². The summed E-state index contributed by atoms with van der Waals surface area (Å²) in [5.74, 6) is 0. The van der Waals surface area contributed by atoms with Gasteiger partial charge in [0.05, 0.1) is 22.4 Å². The summed E-state index contributed by atoms with van der Waals surface area (Å²) in [6.07, 6.45) is 0. The molecule has 0 spiro atoms. The molecule has 50 heavy (non-hydrogen) atoms. The highest BCUT2D eigenvalue weighted by atomic mass is 16.3. The Kier molecular flexibility index (Phi) is 6.49. The first kappa shape index (κ1) is 28.3. The van der Waals surface area contributed by atoms with Gasteiger partial charge in [-0.15, -0.1) is 0 Å². The number of aromatic nitrogens is 2. The van der Waals surface area contributed by atoms with Crippen molar-refractivity contribution in [2.24, 2.45) is 0 Å². The first-order chi connectivity index (χ1) is 24.8. The molecule has 0 aliphatic carbocycles. The SMILES string of the molecule is c1ccc(-c2cccc(-c3cc(-c4ccc5c(c4)c4ccccc4n5-c4ccccc4)cc(-c4cccc5c4oc4ccccc45)n3)c2)cc1. The molecular weight excluding hydrogens is 609 g/mol. The number of rotatable bonds is 5. The number of hydrogen-bond acceptors (Lipinski definition) is 2. The van der Waals surface area contributed by atoms with Crippen molar-refractivity contribution in [2.75, 3.05) is 0 Å². The minimum Gasteiger partial charge on any atom is -0.455 e. The number of nitrogens with zero attached hydrogens (tertiary/aromatic N) is 2. The van der Waals surface area contributed by atoms with E-state index in [2.05, 4.69) is 174 Å². The Morgan fingerprint density at radius 2 is 1.02 bits per heavy atom. The highest BCUT2D eigenvalue weighted by molar-refractivity contribution is 6.11. The molecule has 0 saturated heterocycles. The number of benzene rings is 7. The zero-order valence-corrected chi connectivity index (χ0v) is 27.1. The summed E-state index contributed by atoms with van der Waals surface area (Å²) >= 11 is 0. The van der Waals surface area contributed by atoms with Crippen LogP contribution in [0.2, 0.25) is 0 Å². The maximum absolute atomic E-state index is 6.51. The van der Waals surface area contributed by atoms with Crippen LogP contribution in [0.4, 0.5) is 0 Å². The lowest BCUT2D eigenvalue weighted by Gasteiger charge is -2.12. The van der Waals surface area contributed by atoms with E-state index >= 15 is 0 Å². The first-order valence-corrected chi connectivity index (χ1v) is 17.0. The third kappa shape index (κ3) is 4.63. The highest BCUT2D eigenvalue weighted by Crippen LogP contribution is 2.40. The summed E-state index contributed by atoms with van der Waals surface area (Å²) in [7, 11) is 0. The van der Waals surface area contributed by atoms with E-state index in [0.29, 0.717) is 0 Å². The second-order valence-electron chi connectivity index (χ2n) is 12.8. The van der Waals surface area contributed by atoms with Crippen LogP contribution in [-0.4, -0.2) is 9.55 Å². The molecule has 0 fully saturated rings. The second-order valence-corrected chi connectivity index (χ2v) is 12.8. The van der Waals surface area contributed by atoms with Crippen molar-refractivity contribution in [2.45, 2.75) is 0 Å². The van der Waals surface area contributed by atoms with Gasteiger partial charge in [-0.2, -0.15) is 0 Å². The monoisotopic (exact) mass is 638 g/mol. The fourth-order valence-electron chi connectivity index (χ4n) is 7.43. The van der Waals surface area contributed by atoms with E-state index in [0.717, 1.165) is 66.8 Å². The van der Waals surface area contributed by atoms with E-state index in [1.54, 1.807) is 0 Å². The van der Waals surface area contributed by atoms with Gasteiger partial charge in [0.15, 0.2) is 0 Å². The Morgan fingerprint density at radius 1 is 0.380 bits per heavy atom. The van der Waals surface area contributed by atoms with Crippen LogP contribution < -0.4 is 0 Å². The average molecular weight is 639 g/mol. The molecule has 7 aromatic carbocycles. The van der Waals surface area contributed by atoms with Crippen molar-refractivity contribution in [1.29, 1.82) is 0 Å². The summed E-state index contributed by atoms with van der Waals surface area (Å²) in [4.78, 5) is 5.35. The number of furan rings is 1. The Morgan fingerprint density at radius 3 is 1.90 bits per heavy atom. The molecule has 0 amide bonds. The molecule has 3 nitrogen and oxygen atoms in total. The van der Waals surface area contributed by atoms with Crippen LogP contribution in [-0.2, 0) is 0 Å². The number of hydrogen-bond donors (Lipinski definition) is 0. The lowest BCUT2D eigenvalue weighted by atomic mass is 9.96. The van der Waals surface area contributed by atoms with Gasteiger partial charge in [0, 0.05) is 38.4 Å². The summed E-state index contributed by atoms with van der Waals surface area (Å²) in [6, 6.07) is 64.3. The third-order valence-electron chi connectivity index (χ3n) is 9.79. The third-order valence-corrected chi connectivity index (χ3v) is 9.79. The standard InChI is InChI=1S/C47H30N2O/c1-3-13-31(14-4-1)32-15-11-16-34(27-32)42-29-35(30-43(48-42)40-22-12-21-39-38-20-8-10-24-46(38)50-47(39)40)33-25-26-45-41(28-33)37-19-7-9-23-44(37)49(45)36-17-5-2-6-18-36/h1-30H. The predicted molar refractivity (Wildman–Crippen MR) is 208 cm³/mol. The Labute approximate surface area is 289 Å². The summed E-state index contributed by atoms with van der Waals surface area (Å²) < 4.78 is 8.87. The van der Waals surface area contributed by atoms with Gasteiger partial charge >= 0.3 is 0 Å². The Bertz CT molecular complexity index is 2860. The molecule has 0 radical (unpaired) electrons. The van der Waals surface area contributed by atoms with E-state index in [-0.39, 0.29) is 0 Å². The smallest absolute Gasteiger partial charge is 0.144 e. The fourth-order valence-corrected chi connectivity index (χ4v) is 7.43. The van der Waals surface area contributed by atoms with E-state index in [1.807, 2.05) is 12.1 Å². The largest absolute Gasteiger partial charge is 0.455 e. The quantitative estimate of drug-likeness (QED) is 0.188. The van der Waals surface area contributed by atoms with Gasteiger partial charge in [0.2, 0.25) is 0 Å². The lowest BCUT2D eigenvalue weighted by Crippen LogP contribution is -1.93. The van der Waals surface area contributed by atoms with Gasteiger partial charge < -0.3 is 8.98 Å². The highest BCUT2D eigenvalue weighted by Gasteiger charge is 2.17. The van der Waals surface area contributed by atoms with Crippen molar-refractivity contribution in [3.63, 3.8) is 0 Å². The van der Waals surface area contributed by atoms with Crippen LogP contribution in [0.5, 0.6) is 0 Å². The van der Waals surface area contributed by atoms with Crippen molar-refractivity contribution in [3.05, 3.63) is 182 Å². The van der Waals surface area contributed by atoms with Crippen LogP contribution in [0.25, 0.3) is 94.2 Å². The number of para-hydroxylation sites is 4. The molecule has 0 N–H and O–H groups in total. The van der Waals surface area contributed by atoms with Gasteiger partial charge in [0.1, 0.15) is 11.2 Å². The van der Waals surface area contributed by atoms with Gasteiger partial charge in [-0.25, -0.2) is 4.98 Å². The molecule has 0 bridgehead atoms. The van der Waals surface area contributed by atoms with Gasteiger partial charge in [-0.05, 0) is 82.9 Å². The van der Waals surface area contributed by atoms with Crippen molar-refractivity contribution in [3.8, 4) is 50.5 Å². The molecule has 3 aromatic heterocycles. The molecule has 3 heteroatoms. The second kappa shape index (κ2) is 11.5. The maximum Gasteiger partial charge on any atom is 0.144 e. The minimum atomic E-state index is 0.851. The molecule has 0 aliphatic rings. The fraction of sp³-hybridized carbons (Fsp3) is 0. The van der Waals surface area contributed by atoms with Crippen LogP contribution in [0.3, 0.4) is 0 Å². The van der Waals surface area contributed by atoms with Crippen molar-refractivity contribution >= 4 is 43.7 Å². The van der Waals surface area contributed by atoms with Crippen molar-refractivity contribution in [1.82, 2.24) is 9.55 Å². The van der Waals surface area contributed by atoms with Crippen molar-refractivity contribution < 1.29 is 4.42 Å². The van der Waals surface area contributed by atoms with E-state index in [1.165, 1.54) is 27.4 Å². The van der Waals surface area contributed by atoms with Gasteiger partial charge in [0.25, 0.3) is 0 Å². The maximum atomic E-state index is 6.51. The van der Waals surface area contributed by atoms with Crippen LogP contribution in [0.1, 0.15) is 0 Å². The Hall–Kier alpha value is -6.71. The number of fused-ring (bicyclic) bond motifs is 6. The minimum absolute atomic E-state index is 0.851. The molecule has 10 aromatic rings. The molecule has 0 unspecified atom stereocenters. The first-order valence-electron chi connectivity index (χ1n) is 17.0. The lowest BCUT2D eigenvalue weighted by molar-refractivity contribution is 0.670. The average Bonchev–Trinajstić information content (AvgIpc) is 3.74. The molecule has 0 aliphatic heterocycles. The summed E-state index contributed by atoms with van der Waals surface area (Å²) in [5, 5.41) is 4.64. The van der Waals surface area contributed by atoms with E-state index in [9.17, 15) is 0 Å². The molecule has 234 valence electrons. The number of pyridine rings is 1. The van der Waals surface area contributed by atoms with Crippen LogP contribution >= 0.6 is 0 Å². The summed E-state index contributed by atoms with van der Waals surface area (Å²) in [5.41, 5.74) is 13.6. The molecule has 3 heterocycles. The molecule has 0 atom stereocenters.